The van der Waals surface area contributed by atoms with Gasteiger partial charge >= 0.3 is 0 Å². The van der Waals surface area contributed by atoms with E-state index in [-0.39, 0.29) is 30.1 Å². The van der Waals surface area contributed by atoms with E-state index in [1.165, 1.54) is 0 Å². The summed E-state index contributed by atoms with van der Waals surface area (Å²) in [6.45, 7) is 2.74. The minimum Gasteiger partial charge on any atom is -0.454 e. The van der Waals surface area contributed by atoms with Crippen molar-refractivity contribution in [3.05, 3.63) is 48.0 Å². The smallest absolute Gasteiger partial charge is 0.240 e. The van der Waals surface area contributed by atoms with Crippen LogP contribution in [0.4, 0.5) is 5.69 Å². The first-order valence-electron chi connectivity index (χ1n) is 8.69. The molecule has 142 valence electrons. The molecule has 0 bridgehead atoms. The summed E-state index contributed by atoms with van der Waals surface area (Å²) in [4.78, 5) is 14.3. The van der Waals surface area contributed by atoms with Crippen LogP contribution in [-0.2, 0) is 14.8 Å². The van der Waals surface area contributed by atoms with Gasteiger partial charge in [-0.1, -0.05) is 17.7 Å². The molecule has 1 saturated heterocycles. The van der Waals surface area contributed by atoms with Gasteiger partial charge in [0.05, 0.1) is 4.90 Å². The van der Waals surface area contributed by atoms with E-state index in [1.807, 2.05) is 13.0 Å². The maximum absolute atomic E-state index is 12.4. The molecule has 27 heavy (non-hydrogen) atoms. The van der Waals surface area contributed by atoms with E-state index in [0.29, 0.717) is 24.5 Å². The quantitative estimate of drug-likeness (QED) is 0.847. The van der Waals surface area contributed by atoms with Crippen LogP contribution in [-0.4, -0.2) is 34.2 Å². The molecule has 1 amide bonds. The van der Waals surface area contributed by atoms with Crippen LogP contribution in [0.15, 0.2) is 47.4 Å². The summed E-state index contributed by atoms with van der Waals surface area (Å²) in [6, 6.07) is 12.0. The Hall–Kier alpha value is -2.58. The monoisotopic (exact) mass is 388 g/mol. The van der Waals surface area contributed by atoms with Gasteiger partial charge in [0.1, 0.15) is 0 Å². The number of anilines is 1. The minimum atomic E-state index is -3.59. The van der Waals surface area contributed by atoms with Gasteiger partial charge in [-0.25, -0.2) is 13.1 Å². The molecular formula is C19H20N2O5S. The summed E-state index contributed by atoms with van der Waals surface area (Å²) in [7, 11) is -3.59. The Kier molecular flexibility index (Phi) is 4.53. The average Bonchev–Trinajstić information content (AvgIpc) is 3.26. The molecule has 0 spiro atoms. The average molecular weight is 388 g/mol. The van der Waals surface area contributed by atoms with Crippen molar-refractivity contribution >= 4 is 21.6 Å². The lowest BCUT2D eigenvalue weighted by Gasteiger charge is -2.17. The van der Waals surface area contributed by atoms with Gasteiger partial charge in [-0.3, -0.25) is 4.79 Å². The zero-order valence-electron chi connectivity index (χ0n) is 14.8. The van der Waals surface area contributed by atoms with Crippen LogP contribution < -0.4 is 19.1 Å². The Morgan fingerprint density at radius 2 is 1.85 bits per heavy atom. The molecule has 1 fully saturated rings. The van der Waals surface area contributed by atoms with Crippen molar-refractivity contribution in [3.63, 3.8) is 0 Å². The zero-order valence-corrected chi connectivity index (χ0v) is 15.7. The van der Waals surface area contributed by atoms with Crippen LogP contribution >= 0.6 is 0 Å². The predicted molar refractivity (Wildman–Crippen MR) is 99.4 cm³/mol. The lowest BCUT2D eigenvalue weighted by Crippen LogP contribution is -2.31. The number of nitrogens with one attached hydrogen (secondary N) is 1. The fourth-order valence-electron chi connectivity index (χ4n) is 3.25. The number of benzene rings is 2. The number of sulfonamides is 1. The van der Waals surface area contributed by atoms with Crippen LogP contribution in [0.1, 0.15) is 12.0 Å². The predicted octanol–water partition coefficient (Wildman–Crippen LogP) is 2.06. The van der Waals surface area contributed by atoms with E-state index in [0.717, 1.165) is 11.3 Å². The molecule has 2 aromatic rings. The molecule has 0 aliphatic carbocycles. The maximum atomic E-state index is 12.4. The SMILES string of the molecule is Cc1ccc(S(=O)(=O)NC[C@H]2CC(=O)N(c3ccc4c(c3)OCO4)C2)cc1. The van der Waals surface area contributed by atoms with E-state index < -0.39 is 10.0 Å². The highest BCUT2D eigenvalue weighted by atomic mass is 32.2. The molecule has 1 atom stereocenters. The van der Waals surface area contributed by atoms with Gasteiger partial charge in [-0.05, 0) is 37.1 Å². The molecule has 2 aliphatic rings. The molecule has 0 aromatic heterocycles. The van der Waals surface area contributed by atoms with Gasteiger partial charge in [0, 0.05) is 31.3 Å². The molecule has 0 saturated carbocycles. The Morgan fingerprint density at radius 3 is 2.63 bits per heavy atom. The Labute approximate surface area is 157 Å². The number of fused-ring (bicyclic) bond motifs is 1. The highest BCUT2D eigenvalue weighted by Gasteiger charge is 2.32. The van der Waals surface area contributed by atoms with Crippen molar-refractivity contribution in [2.24, 2.45) is 5.92 Å². The minimum absolute atomic E-state index is 0.0339. The van der Waals surface area contributed by atoms with Crippen LogP contribution in [0.3, 0.4) is 0 Å². The summed E-state index contributed by atoms with van der Waals surface area (Å²) in [5.41, 5.74) is 1.72. The molecule has 0 radical (unpaired) electrons. The summed E-state index contributed by atoms with van der Waals surface area (Å²) < 4.78 is 38.1. The van der Waals surface area contributed by atoms with Crippen molar-refractivity contribution in [3.8, 4) is 11.5 Å². The second-order valence-corrected chi connectivity index (χ2v) is 8.54. The zero-order chi connectivity index (χ0) is 19.0. The lowest BCUT2D eigenvalue weighted by atomic mass is 10.1. The second-order valence-electron chi connectivity index (χ2n) is 6.78. The molecule has 4 rings (SSSR count). The highest BCUT2D eigenvalue weighted by Crippen LogP contribution is 2.37. The third-order valence-electron chi connectivity index (χ3n) is 4.77. The number of amides is 1. The van der Waals surface area contributed by atoms with E-state index in [4.69, 9.17) is 9.47 Å². The third-order valence-corrected chi connectivity index (χ3v) is 6.21. The first-order valence-corrected chi connectivity index (χ1v) is 10.2. The van der Waals surface area contributed by atoms with E-state index in [1.54, 1.807) is 41.3 Å². The highest BCUT2D eigenvalue weighted by molar-refractivity contribution is 7.89. The summed E-state index contributed by atoms with van der Waals surface area (Å²) in [6.07, 6.45) is 0.296. The van der Waals surface area contributed by atoms with Gasteiger partial charge in [0.2, 0.25) is 22.7 Å². The fourth-order valence-corrected chi connectivity index (χ4v) is 4.37. The summed E-state index contributed by atoms with van der Waals surface area (Å²) in [5, 5.41) is 0. The topological polar surface area (TPSA) is 84.9 Å². The molecule has 7 nitrogen and oxygen atoms in total. The molecular weight excluding hydrogens is 368 g/mol. The number of nitrogens with zero attached hydrogens (tertiary/aromatic N) is 1. The first-order chi connectivity index (χ1) is 12.9. The van der Waals surface area contributed by atoms with Gasteiger partial charge in [-0.2, -0.15) is 0 Å². The molecule has 2 heterocycles. The van der Waals surface area contributed by atoms with Crippen molar-refractivity contribution < 1.29 is 22.7 Å². The standard InChI is InChI=1S/C19H20N2O5S/c1-13-2-5-16(6-3-13)27(23,24)20-10-14-8-19(22)21(11-14)15-4-7-17-18(9-15)26-12-25-17/h2-7,9,14,20H,8,10-12H2,1H3/t14-/m1/s1. The normalized spacial score (nSPS) is 18.9. The third kappa shape index (κ3) is 3.63. The summed E-state index contributed by atoms with van der Waals surface area (Å²) in [5.74, 6) is 1.15. The second kappa shape index (κ2) is 6.86. The van der Waals surface area contributed by atoms with Gasteiger partial charge < -0.3 is 14.4 Å². The largest absolute Gasteiger partial charge is 0.454 e. The lowest BCUT2D eigenvalue weighted by molar-refractivity contribution is -0.117. The number of ether oxygens (including phenoxy) is 2. The van der Waals surface area contributed by atoms with E-state index >= 15 is 0 Å². The van der Waals surface area contributed by atoms with E-state index in [2.05, 4.69) is 4.72 Å². The number of rotatable bonds is 5. The molecule has 0 unspecified atom stereocenters. The van der Waals surface area contributed by atoms with Crippen molar-refractivity contribution in [2.75, 3.05) is 24.8 Å². The van der Waals surface area contributed by atoms with E-state index in [9.17, 15) is 13.2 Å². The van der Waals surface area contributed by atoms with Crippen molar-refractivity contribution in [1.82, 2.24) is 4.72 Å². The molecule has 2 aliphatic heterocycles. The Balaban J connectivity index is 1.41. The van der Waals surface area contributed by atoms with Gasteiger partial charge in [-0.15, -0.1) is 0 Å². The number of aryl methyl sites for hydroxylation is 1. The van der Waals surface area contributed by atoms with Crippen LogP contribution in [0.5, 0.6) is 11.5 Å². The Bertz CT molecular complexity index is 972. The molecule has 8 heteroatoms. The fraction of sp³-hybridized carbons (Fsp3) is 0.316. The van der Waals surface area contributed by atoms with Crippen LogP contribution in [0, 0.1) is 12.8 Å². The van der Waals surface area contributed by atoms with Crippen LogP contribution in [0.25, 0.3) is 0 Å². The molecule has 2 aromatic carbocycles. The maximum Gasteiger partial charge on any atom is 0.240 e. The number of hydrogen-bond acceptors (Lipinski definition) is 5. The number of hydrogen-bond donors (Lipinski definition) is 1. The van der Waals surface area contributed by atoms with Gasteiger partial charge in [0.25, 0.3) is 0 Å². The van der Waals surface area contributed by atoms with Crippen molar-refractivity contribution in [2.45, 2.75) is 18.2 Å². The summed E-state index contributed by atoms with van der Waals surface area (Å²) >= 11 is 0. The van der Waals surface area contributed by atoms with Crippen molar-refractivity contribution in [1.29, 1.82) is 0 Å². The first kappa shape index (κ1) is 17.8. The number of carbonyl (C=O) groups is 1. The Morgan fingerprint density at radius 1 is 1.11 bits per heavy atom. The number of carbonyl (C=O) groups excluding carboxylic acids is 1. The van der Waals surface area contributed by atoms with Crippen LogP contribution in [0.2, 0.25) is 0 Å². The molecule has 1 N–H and O–H groups in total. The van der Waals surface area contributed by atoms with Gasteiger partial charge in [0.15, 0.2) is 11.5 Å².